The van der Waals surface area contributed by atoms with E-state index in [4.69, 9.17) is 0 Å². The number of rotatable bonds is 1. The molecule has 0 spiro atoms. The third-order valence-electron chi connectivity index (χ3n) is 3.71. The molecule has 0 aliphatic carbocycles. The van der Waals surface area contributed by atoms with Gasteiger partial charge in [0.25, 0.3) is 0 Å². The van der Waals surface area contributed by atoms with E-state index in [1.54, 1.807) is 4.90 Å². The predicted octanol–water partition coefficient (Wildman–Crippen LogP) is 0.940. The Labute approximate surface area is 107 Å². The van der Waals surface area contributed by atoms with Crippen LogP contribution in [0.25, 0.3) is 0 Å². The molecular formula is C14H17N3O. The molecule has 4 nitrogen and oxygen atoms in total. The minimum absolute atomic E-state index is 0.198. The van der Waals surface area contributed by atoms with E-state index >= 15 is 0 Å². The van der Waals surface area contributed by atoms with E-state index in [1.807, 2.05) is 19.3 Å². The van der Waals surface area contributed by atoms with Gasteiger partial charge in [0.2, 0.25) is 5.91 Å². The van der Waals surface area contributed by atoms with Gasteiger partial charge in [-0.25, -0.2) is 0 Å². The number of hydrogen-bond donors (Lipinski definition) is 0. The van der Waals surface area contributed by atoms with E-state index in [2.05, 4.69) is 22.0 Å². The molecule has 2 heterocycles. The minimum Gasteiger partial charge on any atom is -0.360 e. The number of nitrogens with zero attached hydrogens (tertiary/aromatic N) is 3. The van der Waals surface area contributed by atoms with E-state index in [0.717, 1.165) is 26.1 Å². The first-order valence-corrected chi connectivity index (χ1v) is 6.36. The van der Waals surface area contributed by atoms with Crippen molar-refractivity contribution in [2.45, 2.75) is 6.42 Å². The molecule has 0 atom stereocenters. The van der Waals surface area contributed by atoms with Gasteiger partial charge in [-0.3, -0.25) is 9.79 Å². The second-order valence-electron chi connectivity index (χ2n) is 4.87. The molecule has 94 valence electrons. The highest BCUT2D eigenvalue weighted by Crippen LogP contribution is 2.26. The van der Waals surface area contributed by atoms with Gasteiger partial charge >= 0.3 is 0 Å². The molecule has 1 amide bonds. The van der Waals surface area contributed by atoms with Gasteiger partial charge in [-0.1, -0.05) is 12.1 Å². The van der Waals surface area contributed by atoms with Crippen LogP contribution in [-0.4, -0.2) is 50.2 Å². The summed E-state index contributed by atoms with van der Waals surface area (Å²) in [4.78, 5) is 20.1. The Hall–Kier alpha value is -1.84. The smallest absolute Gasteiger partial charge is 0.241 e. The van der Waals surface area contributed by atoms with Crippen molar-refractivity contribution in [2.24, 2.45) is 4.99 Å². The number of anilines is 1. The fraction of sp³-hybridized carbons (Fsp3) is 0.429. The number of benzene rings is 1. The maximum atomic E-state index is 11.8. The summed E-state index contributed by atoms with van der Waals surface area (Å²) in [5.41, 5.74) is 3.75. The van der Waals surface area contributed by atoms with Gasteiger partial charge in [-0.05, 0) is 23.6 Å². The summed E-state index contributed by atoms with van der Waals surface area (Å²) in [5, 5.41) is 0. The lowest BCUT2D eigenvalue weighted by molar-refractivity contribution is -0.129. The monoisotopic (exact) mass is 243 g/mol. The van der Waals surface area contributed by atoms with Gasteiger partial charge in [0.05, 0.1) is 6.54 Å². The van der Waals surface area contributed by atoms with Crippen LogP contribution in [0.15, 0.2) is 23.2 Å². The average Bonchev–Trinajstić information content (AvgIpc) is 2.41. The fourth-order valence-electron chi connectivity index (χ4n) is 2.58. The molecule has 0 bridgehead atoms. The molecular weight excluding hydrogens is 226 g/mol. The van der Waals surface area contributed by atoms with Gasteiger partial charge < -0.3 is 9.80 Å². The predicted molar refractivity (Wildman–Crippen MR) is 72.5 cm³/mol. The third kappa shape index (κ3) is 1.88. The fourth-order valence-corrected chi connectivity index (χ4v) is 2.58. The minimum atomic E-state index is 0.198. The van der Waals surface area contributed by atoms with Crippen LogP contribution in [0.1, 0.15) is 11.1 Å². The SMILES string of the molecule is CN1CCN(c2cccc3c2CCN=C3)CC1=O. The summed E-state index contributed by atoms with van der Waals surface area (Å²) < 4.78 is 0. The van der Waals surface area contributed by atoms with E-state index in [0.29, 0.717) is 6.54 Å². The number of carbonyl (C=O) groups excluding carboxylic acids is 1. The standard InChI is InChI=1S/C14H17N3O/c1-16-7-8-17(10-14(16)18)13-4-2-3-11-9-15-6-5-12(11)13/h2-4,9H,5-8,10H2,1H3. The number of fused-ring (bicyclic) bond motifs is 1. The topological polar surface area (TPSA) is 35.9 Å². The number of hydrogen-bond acceptors (Lipinski definition) is 3. The summed E-state index contributed by atoms with van der Waals surface area (Å²) in [6.07, 6.45) is 2.92. The van der Waals surface area contributed by atoms with Crippen LogP contribution in [0.4, 0.5) is 5.69 Å². The van der Waals surface area contributed by atoms with Crippen LogP contribution in [0.2, 0.25) is 0 Å². The van der Waals surface area contributed by atoms with Gasteiger partial charge in [0.1, 0.15) is 0 Å². The molecule has 2 aliphatic rings. The van der Waals surface area contributed by atoms with Crippen LogP contribution >= 0.6 is 0 Å². The highest BCUT2D eigenvalue weighted by molar-refractivity contribution is 5.88. The Morgan fingerprint density at radius 2 is 2.17 bits per heavy atom. The van der Waals surface area contributed by atoms with Crippen molar-refractivity contribution >= 4 is 17.8 Å². The molecule has 3 rings (SSSR count). The zero-order valence-electron chi connectivity index (χ0n) is 10.6. The van der Waals surface area contributed by atoms with Crippen molar-refractivity contribution in [1.29, 1.82) is 0 Å². The molecule has 0 saturated carbocycles. The zero-order chi connectivity index (χ0) is 12.5. The van der Waals surface area contributed by atoms with Gasteiger partial charge in [-0.2, -0.15) is 0 Å². The van der Waals surface area contributed by atoms with E-state index < -0.39 is 0 Å². The summed E-state index contributed by atoms with van der Waals surface area (Å²) >= 11 is 0. The molecule has 0 aromatic heterocycles. The molecule has 0 unspecified atom stereocenters. The van der Waals surface area contributed by atoms with E-state index in [1.165, 1.54) is 16.8 Å². The Morgan fingerprint density at radius 1 is 1.28 bits per heavy atom. The van der Waals surface area contributed by atoms with Crippen molar-refractivity contribution in [3.8, 4) is 0 Å². The zero-order valence-corrected chi connectivity index (χ0v) is 10.6. The first-order chi connectivity index (χ1) is 8.75. The number of aliphatic imine (C=N–C) groups is 1. The molecule has 0 radical (unpaired) electrons. The number of likely N-dealkylation sites (N-methyl/N-ethyl adjacent to an activating group) is 1. The Bertz CT molecular complexity index is 510. The summed E-state index contributed by atoms with van der Waals surface area (Å²) in [6.45, 7) is 3.06. The molecule has 4 heteroatoms. The first-order valence-electron chi connectivity index (χ1n) is 6.36. The Kier molecular flexibility index (Phi) is 2.78. The molecule has 1 fully saturated rings. The van der Waals surface area contributed by atoms with E-state index in [-0.39, 0.29) is 5.91 Å². The number of carbonyl (C=O) groups is 1. The molecule has 1 aromatic rings. The van der Waals surface area contributed by atoms with Crippen molar-refractivity contribution in [1.82, 2.24) is 4.90 Å². The van der Waals surface area contributed by atoms with Crippen molar-refractivity contribution in [3.05, 3.63) is 29.3 Å². The van der Waals surface area contributed by atoms with Crippen LogP contribution < -0.4 is 4.90 Å². The highest BCUT2D eigenvalue weighted by Gasteiger charge is 2.23. The average molecular weight is 243 g/mol. The quantitative estimate of drug-likeness (QED) is 0.736. The molecule has 2 aliphatic heterocycles. The number of amides is 1. The second kappa shape index (κ2) is 4.44. The highest BCUT2D eigenvalue weighted by atomic mass is 16.2. The molecule has 1 saturated heterocycles. The van der Waals surface area contributed by atoms with Gasteiger partial charge in [-0.15, -0.1) is 0 Å². The van der Waals surface area contributed by atoms with Crippen LogP contribution in [0, 0.1) is 0 Å². The van der Waals surface area contributed by atoms with E-state index in [9.17, 15) is 4.79 Å². The summed E-state index contributed by atoms with van der Waals surface area (Å²) in [5.74, 6) is 0.198. The second-order valence-corrected chi connectivity index (χ2v) is 4.87. The third-order valence-corrected chi connectivity index (χ3v) is 3.71. The maximum absolute atomic E-state index is 11.8. The maximum Gasteiger partial charge on any atom is 0.241 e. The van der Waals surface area contributed by atoms with Crippen LogP contribution in [0.5, 0.6) is 0 Å². The lowest BCUT2D eigenvalue weighted by atomic mass is 9.99. The van der Waals surface area contributed by atoms with Gasteiger partial charge in [0, 0.05) is 38.6 Å². The Morgan fingerprint density at radius 3 is 3.00 bits per heavy atom. The van der Waals surface area contributed by atoms with Gasteiger partial charge in [0.15, 0.2) is 0 Å². The number of piperazine rings is 1. The molecule has 0 N–H and O–H groups in total. The lowest BCUT2D eigenvalue weighted by Crippen LogP contribution is -2.49. The lowest BCUT2D eigenvalue weighted by Gasteiger charge is -2.35. The summed E-state index contributed by atoms with van der Waals surface area (Å²) in [7, 11) is 1.87. The normalized spacial score (nSPS) is 19.1. The molecule has 1 aromatic carbocycles. The largest absolute Gasteiger partial charge is 0.360 e. The first kappa shape index (κ1) is 11.3. The van der Waals surface area contributed by atoms with Crippen molar-refractivity contribution < 1.29 is 4.79 Å². The van der Waals surface area contributed by atoms with Crippen LogP contribution in [0.3, 0.4) is 0 Å². The molecule has 18 heavy (non-hydrogen) atoms. The van der Waals surface area contributed by atoms with Crippen LogP contribution in [-0.2, 0) is 11.2 Å². The van der Waals surface area contributed by atoms with Crippen molar-refractivity contribution in [3.63, 3.8) is 0 Å². The summed E-state index contributed by atoms with van der Waals surface area (Å²) in [6, 6.07) is 6.27. The Balaban J connectivity index is 1.93. The van der Waals surface area contributed by atoms with Crippen molar-refractivity contribution in [2.75, 3.05) is 38.1 Å².